The lowest BCUT2D eigenvalue weighted by atomic mass is 9.89. The molecule has 0 fully saturated rings. The molecule has 78 valence electrons. The molecule has 1 aliphatic rings. The van der Waals surface area contributed by atoms with Gasteiger partial charge in [-0.1, -0.05) is 49.1 Å². The summed E-state index contributed by atoms with van der Waals surface area (Å²) in [4.78, 5) is 0. The van der Waals surface area contributed by atoms with E-state index in [1.54, 1.807) is 12.2 Å². The fraction of sp³-hybridized carbons (Fsp3) is 0.231. The lowest BCUT2D eigenvalue weighted by Crippen LogP contribution is -2.36. The van der Waals surface area contributed by atoms with Gasteiger partial charge in [0.1, 0.15) is 11.7 Å². The molecule has 0 spiro atoms. The zero-order valence-electron chi connectivity index (χ0n) is 8.47. The van der Waals surface area contributed by atoms with Crippen molar-refractivity contribution in [3.8, 4) is 0 Å². The van der Waals surface area contributed by atoms with E-state index >= 15 is 0 Å². The number of aliphatic hydroxyl groups is 1. The van der Waals surface area contributed by atoms with Crippen molar-refractivity contribution >= 4 is 0 Å². The van der Waals surface area contributed by atoms with Gasteiger partial charge in [0.25, 0.3) is 0 Å². The van der Waals surface area contributed by atoms with E-state index in [1.165, 1.54) is 6.08 Å². The predicted molar refractivity (Wildman–Crippen MR) is 59.4 cm³/mol. The topological polar surface area (TPSA) is 29.5 Å². The summed E-state index contributed by atoms with van der Waals surface area (Å²) in [5.41, 5.74) is -0.135. The van der Waals surface area contributed by atoms with Gasteiger partial charge >= 0.3 is 0 Å². The van der Waals surface area contributed by atoms with Gasteiger partial charge < -0.3 is 9.84 Å². The monoisotopic (exact) mass is 202 g/mol. The van der Waals surface area contributed by atoms with E-state index in [0.29, 0.717) is 6.61 Å². The molecule has 2 nitrogen and oxygen atoms in total. The molecular formula is C13H14O2. The smallest absolute Gasteiger partial charge is 0.131 e. The Bertz CT molecular complexity index is 369. The molecule has 2 rings (SSSR count). The molecule has 1 aromatic rings. The lowest BCUT2D eigenvalue weighted by Gasteiger charge is -2.33. The van der Waals surface area contributed by atoms with Gasteiger partial charge in [0.15, 0.2) is 0 Å². The van der Waals surface area contributed by atoms with Crippen LogP contribution in [0.2, 0.25) is 0 Å². The molecule has 0 aliphatic carbocycles. The van der Waals surface area contributed by atoms with Gasteiger partial charge in [-0.05, 0) is 11.6 Å². The summed E-state index contributed by atoms with van der Waals surface area (Å²) in [7, 11) is 0. The Balaban J connectivity index is 2.36. The standard InChI is InChI=1S/C13H14O2/c1-2-13(14)9-6-10-15-12(13)11-7-4-3-5-8-11/h2-9,12,14H,1,10H2/t12-,13+/m0/s1. The molecule has 15 heavy (non-hydrogen) atoms. The summed E-state index contributed by atoms with van der Waals surface area (Å²) < 4.78 is 5.56. The van der Waals surface area contributed by atoms with Crippen LogP contribution in [0.5, 0.6) is 0 Å². The van der Waals surface area contributed by atoms with Crippen LogP contribution >= 0.6 is 0 Å². The minimum absolute atomic E-state index is 0.360. The quantitative estimate of drug-likeness (QED) is 0.745. The Kier molecular flexibility index (Phi) is 2.71. The van der Waals surface area contributed by atoms with Crippen molar-refractivity contribution in [1.29, 1.82) is 0 Å². The van der Waals surface area contributed by atoms with Crippen LogP contribution < -0.4 is 0 Å². The molecule has 0 unspecified atom stereocenters. The highest BCUT2D eigenvalue weighted by atomic mass is 16.5. The van der Waals surface area contributed by atoms with Crippen molar-refractivity contribution in [2.24, 2.45) is 0 Å². The highest BCUT2D eigenvalue weighted by molar-refractivity contribution is 5.28. The SMILES string of the molecule is C=C[C@@]1(O)C=CCO[C@H]1c1ccccc1. The van der Waals surface area contributed by atoms with Crippen molar-refractivity contribution in [3.05, 3.63) is 60.7 Å². The Hall–Kier alpha value is -1.38. The van der Waals surface area contributed by atoms with Gasteiger partial charge in [-0.3, -0.25) is 0 Å². The fourth-order valence-corrected chi connectivity index (χ4v) is 1.78. The Morgan fingerprint density at radius 2 is 2.13 bits per heavy atom. The minimum atomic E-state index is -1.10. The van der Waals surface area contributed by atoms with Crippen LogP contribution in [0.15, 0.2) is 55.1 Å². The van der Waals surface area contributed by atoms with Gasteiger partial charge in [0.05, 0.1) is 6.61 Å². The third-order valence-electron chi connectivity index (χ3n) is 2.59. The molecule has 2 atom stereocenters. The number of rotatable bonds is 2. The maximum absolute atomic E-state index is 10.3. The van der Waals surface area contributed by atoms with Crippen LogP contribution in [0.25, 0.3) is 0 Å². The molecule has 0 saturated carbocycles. The van der Waals surface area contributed by atoms with Gasteiger partial charge in [0, 0.05) is 0 Å². The van der Waals surface area contributed by atoms with E-state index in [4.69, 9.17) is 4.74 Å². The molecule has 0 radical (unpaired) electrons. The largest absolute Gasteiger partial charge is 0.379 e. The summed E-state index contributed by atoms with van der Waals surface area (Å²) in [5.74, 6) is 0. The number of ether oxygens (including phenoxy) is 1. The predicted octanol–water partition coefficient (Wildman–Crippen LogP) is 2.23. The van der Waals surface area contributed by atoms with Crippen molar-refractivity contribution in [3.63, 3.8) is 0 Å². The molecule has 0 bridgehead atoms. The van der Waals surface area contributed by atoms with Crippen molar-refractivity contribution in [2.45, 2.75) is 11.7 Å². The molecular weight excluding hydrogens is 188 g/mol. The Labute approximate surface area is 89.5 Å². The highest BCUT2D eigenvalue weighted by Gasteiger charge is 2.35. The molecule has 1 N–H and O–H groups in total. The maximum atomic E-state index is 10.3. The van der Waals surface area contributed by atoms with Crippen LogP contribution in [0.3, 0.4) is 0 Å². The Morgan fingerprint density at radius 1 is 1.40 bits per heavy atom. The first-order valence-electron chi connectivity index (χ1n) is 4.96. The van der Waals surface area contributed by atoms with Crippen molar-refractivity contribution in [1.82, 2.24) is 0 Å². The summed E-state index contributed by atoms with van der Waals surface area (Å²) in [6.45, 7) is 4.17. The number of hydrogen-bond acceptors (Lipinski definition) is 2. The van der Waals surface area contributed by atoms with E-state index in [1.807, 2.05) is 30.3 Å². The summed E-state index contributed by atoms with van der Waals surface area (Å²) in [5, 5.41) is 10.3. The van der Waals surface area contributed by atoms with Crippen LogP contribution in [-0.4, -0.2) is 17.3 Å². The minimum Gasteiger partial charge on any atom is -0.379 e. The second-order valence-corrected chi connectivity index (χ2v) is 3.62. The fourth-order valence-electron chi connectivity index (χ4n) is 1.78. The van der Waals surface area contributed by atoms with Gasteiger partial charge in [-0.25, -0.2) is 0 Å². The molecule has 0 aromatic heterocycles. The molecule has 0 saturated heterocycles. The van der Waals surface area contributed by atoms with Gasteiger partial charge in [-0.15, -0.1) is 0 Å². The summed E-state index contributed by atoms with van der Waals surface area (Å²) in [6.07, 6.45) is 4.70. The van der Waals surface area contributed by atoms with Crippen LogP contribution in [0, 0.1) is 0 Å². The first kappa shape index (κ1) is 10.1. The van der Waals surface area contributed by atoms with Crippen molar-refractivity contribution in [2.75, 3.05) is 6.61 Å². The van der Waals surface area contributed by atoms with Crippen LogP contribution in [0.4, 0.5) is 0 Å². The maximum Gasteiger partial charge on any atom is 0.131 e. The van der Waals surface area contributed by atoms with E-state index in [-0.39, 0.29) is 6.10 Å². The van der Waals surface area contributed by atoms with E-state index in [9.17, 15) is 5.11 Å². The average molecular weight is 202 g/mol. The van der Waals surface area contributed by atoms with E-state index in [0.717, 1.165) is 5.56 Å². The summed E-state index contributed by atoms with van der Waals surface area (Å²) >= 11 is 0. The number of benzene rings is 1. The van der Waals surface area contributed by atoms with Crippen LogP contribution in [0.1, 0.15) is 11.7 Å². The van der Waals surface area contributed by atoms with Gasteiger partial charge in [-0.2, -0.15) is 0 Å². The zero-order valence-corrected chi connectivity index (χ0v) is 8.47. The second kappa shape index (κ2) is 4.01. The van der Waals surface area contributed by atoms with Crippen molar-refractivity contribution < 1.29 is 9.84 Å². The molecule has 1 aromatic carbocycles. The van der Waals surface area contributed by atoms with Gasteiger partial charge in [0.2, 0.25) is 0 Å². The van der Waals surface area contributed by atoms with E-state index in [2.05, 4.69) is 6.58 Å². The molecule has 1 heterocycles. The molecule has 2 heteroatoms. The molecule has 0 amide bonds. The third kappa shape index (κ3) is 1.87. The zero-order chi connectivity index (χ0) is 10.7. The number of hydrogen-bond donors (Lipinski definition) is 1. The third-order valence-corrected chi connectivity index (χ3v) is 2.59. The average Bonchev–Trinajstić information content (AvgIpc) is 2.31. The normalized spacial score (nSPS) is 30.1. The lowest BCUT2D eigenvalue weighted by molar-refractivity contribution is -0.0590. The first-order chi connectivity index (χ1) is 7.26. The highest BCUT2D eigenvalue weighted by Crippen LogP contribution is 2.34. The summed E-state index contributed by atoms with van der Waals surface area (Å²) in [6, 6.07) is 9.69. The van der Waals surface area contributed by atoms with Crippen LogP contribution in [-0.2, 0) is 4.74 Å². The first-order valence-corrected chi connectivity index (χ1v) is 4.96. The van der Waals surface area contributed by atoms with E-state index < -0.39 is 5.60 Å². The molecule has 1 aliphatic heterocycles. The Morgan fingerprint density at radius 3 is 2.80 bits per heavy atom. The second-order valence-electron chi connectivity index (χ2n) is 3.62.